The van der Waals surface area contributed by atoms with Crippen molar-refractivity contribution in [2.45, 2.75) is 44.2 Å². The van der Waals surface area contributed by atoms with Gasteiger partial charge in [0.1, 0.15) is 19.3 Å². The number of amides is 2. The number of benzene rings is 2. The molecule has 1 saturated carbocycles. The number of nitrogens with one attached hydrogen (secondary N) is 1. The molecule has 0 radical (unpaired) electrons. The van der Waals surface area contributed by atoms with Crippen LogP contribution in [-0.4, -0.2) is 31.1 Å². The van der Waals surface area contributed by atoms with Crippen molar-refractivity contribution < 1.29 is 19.1 Å². The molecule has 1 aliphatic carbocycles. The van der Waals surface area contributed by atoms with E-state index in [1.807, 2.05) is 47.8 Å². The lowest BCUT2D eigenvalue weighted by atomic mass is 9.94. The monoisotopic (exact) mass is 476 g/mol. The highest BCUT2D eigenvalue weighted by Crippen LogP contribution is 2.38. The van der Waals surface area contributed by atoms with E-state index < -0.39 is 6.04 Å². The van der Waals surface area contributed by atoms with E-state index in [4.69, 9.17) is 9.47 Å². The summed E-state index contributed by atoms with van der Waals surface area (Å²) in [5, 5.41) is 5.11. The molecule has 34 heavy (non-hydrogen) atoms. The Morgan fingerprint density at radius 1 is 0.912 bits per heavy atom. The fourth-order valence-corrected chi connectivity index (χ4v) is 5.32. The van der Waals surface area contributed by atoms with E-state index in [0.717, 1.165) is 31.2 Å². The standard InChI is InChI=1S/C27H28N2O4S/c30-26(28-20-10-5-2-6-11-20)25(19-8-3-1-4-9-19)29(27(31)24-12-7-17-34-24)21-13-14-22-23(18-21)33-16-15-32-22/h1,3-4,7-9,12-14,17-18,20,25H,2,5-6,10-11,15-16H2,(H,28,30). The molecule has 7 heteroatoms. The van der Waals surface area contributed by atoms with Crippen LogP contribution in [0.4, 0.5) is 5.69 Å². The van der Waals surface area contributed by atoms with Crippen molar-refractivity contribution in [2.75, 3.05) is 18.1 Å². The highest BCUT2D eigenvalue weighted by Gasteiger charge is 2.35. The smallest absolute Gasteiger partial charge is 0.269 e. The summed E-state index contributed by atoms with van der Waals surface area (Å²) < 4.78 is 11.5. The Hall–Kier alpha value is -3.32. The molecular formula is C27H28N2O4S. The van der Waals surface area contributed by atoms with Gasteiger partial charge in [-0.25, -0.2) is 0 Å². The molecule has 6 nitrogen and oxygen atoms in total. The molecule has 1 unspecified atom stereocenters. The van der Waals surface area contributed by atoms with Crippen molar-refractivity contribution >= 4 is 28.8 Å². The number of hydrogen-bond acceptors (Lipinski definition) is 5. The van der Waals surface area contributed by atoms with Crippen LogP contribution in [0, 0.1) is 0 Å². The minimum atomic E-state index is -0.819. The van der Waals surface area contributed by atoms with Crippen LogP contribution < -0.4 is 19.7 Å². The van der Waals surface area contributed by atoms with Gasteiger partial charge in [0.25, 0.3) is 5.91 Å². The first-order valence-electron chi connectivity index (χ1n) is 11.8. The summed E-state index contributed by atoms with van der Waals surface area (Å²) in [5.41, 5.74) is 1.35. The molecule has 1 fully saturated rings. The van der Waals surface area contributed by atoms with Gasteiger partial charge in [0.15, 0.2) is 11.5 Å². The van der Waals surface area contributed by atoms with E-state index in [1.54, 1.807) is 23.1 Å². The van der Waals surface area contributed by atoms with E-state index in [2.05, 4.69) is 5.32 Å². The van der Waals surface area contributed by atoms with Gasteiger partial charge in [-0.3, -0.25) is 14.5 Å². The molecule has 0 bridgehead atoms. The third-order valence-corrected chi connectivity index (χ3v) is 7.19. The van der Waals surface area contributed by atoms with Crippen molar-refractivity contribution in [1.82, 2.24) is 5.32 Å². The van der Waals surface area contributed by atoms with Crippen LogP contribution in [0.15, 0.2) is 66.0 Å². The maximum absolute atomic E-state index is 13.9. The summed E-state index contributed by atoms with van der Waals surface area (Å²) in [5.74, 6) is 0.825. The lowest BCUT2D eigenvalue weighted by Crippen LogP contribution is -2.47. The molecule has 3 aromatic rings. The second-order valence-corrected chi connectivity index (χ2v) is 9.58. The van der Waals surface area contributed by atoms with E-state index in [1.165, 1.54) is 17.8 Å². The Balaban J connectivity index is 1.58. The van der Waals surface area contributed by atoms with Crippen LogP contribution in [0.5, 0.6) is 11.5 Å². The zero-order valence-corrected chi connectivity index (χ0v) is 19.8. The van der Waals surface area contributed by atoms with Gasteiger partial charge in [-0.05, 0) is 42.0 Å². The van der Waals surface area contributed by atoms with Crippen LogP contribution >= 0.6 is 11.3 Å². The highest BCUT2D eigenvalue weighted by atomic mass is 32.1. The predicted octanol–water partition coefficient (Wildman–Crippen LogP) is 5.36. The van der Waals surface area contributed by atoms with Crippen molar-refractivity contribution in [3.8, 4) is 11.5 Å². The Morgan fingerprint density at radius 2 is 1.68 bits per heavy atom. The van der Waals surface area contributed by atoms with Gasteiger partial charge in [0.05, 0.1) is 4.88 Å². The Morgan fingerprint density at radius 3 is 2.41 bits per heavy atom. The fraction of sp³-hybridized carbons (Fsp3) is 0.333. The largest absolute Gasteiger partial charge is 0.486 e. The van der Waals surface area contributed by atoms with Gasteiger partial charge in [-0.15, -0.1) is 11.3 Å². The lowest BCUT2D eigenvalue weighted by Gasteiger charge is -2.33. The molecule has 2 heterocycles. The summed E-state index contributed by atoms with van der Waals surface area (Å²) in [4.78, 5) is 29.9. The summed E-state index contributed by atoms with van der Waals surface area (Å²) >= 11 is 1.36. The molecule has 1 aliphatic heterocycles. The SMILES string of the molecule is O=C(NC1CCCCC1)C(c1ccccc1)N(C(=O)c1cccs1)c1ccc2c(c1)OCCO2. The van der Waals surface area contributed by atoms with Gasteiger partial charge in [0.2, 0.25) is 5.91 Å². The lowest BCUT2D eigenvalue weighted by molar-refractivity contribution is -0.123. The Kier molecular flexibility index (Phi) is 6.81. The van der Waals surface area contributed by atoms with Crippen LogP contribution in [0.25, 0.3) is 0 Å². The van der Waals surface area contributed by atoms with E-state index >= 15 is 0 Å². The number of hydrogen-bond donors (Lipinski definition) is 1. The molecule has 1 aromatic heterocycles. The second kappa shape index (κ2) is 10.3. The molecule has 0 saturated heterocycles. The predicted molar refractivity (Wildman–Crippen MR) is 133 cm³/mol. The molecular weight excluding hydrogens is 448 g/mol. The molecule has 5 rings (SSSR count). The van der Waals surface area contributed by atoms with Crippen molar-refractivity contribution in [3.63, 3.8) is 0 Å². The number of carbonyl (C=O) groups excluding carboxylic acids is 2. The first-order chi connectivity index (χ1) is 16.7. The number of carbonyl (C=O) groups is 2. The van der Waals surface area contributed by atoms with Crippen molar-refractivity contribution in [1.29, 1.82) is 0 Å². The minimum absolute atomic E-state index is 0.131. The molecule has 2 aliphatic rings. The average Bonchev–Trinajstić information content (AvgIpc) is 3.43. The van der Waals surface area contributed by atoms with Gasteiger partial charge < -0.3 is 14.8 Å². The van der Waals surface area contributed by atoms with Crippen molar-refractivity contribution in [2.24, 2.45) is 0 Å². The van der Waals surface area contributed by atoms with Gasteiger partial charge in [-0.1, -0.05) is 55.7 Å². The number of anilines is 1. The average molecular weight is 477 g/mol. The molecule has 176 valence electrons. The molecule has 0 spiro atoms. The quantitative estimate of drug-likeness (QED) is 0.520. The zero-order chi connectivity index (χ0) is 23.3. The van der Waals surface area contributed by atoms with E-state index in [0.29, 0.717) is 35.3 Å². The van der Waals surface area contributed by atoms with Crippen LogP contribution in [0.1, 0.15) is 53.4 Å². The zero-order valence-electron chi connectivity index (χ0n) is 18.9. The topological polar surface area (TPSA) is 67.9 Å². The first kappa shape index (κ1) is 22.5. The summed E-state index contributed by atoms with van der Waals surface area (Å²) in [6.45, 7) is 0.931. The van der Waals surface area contributed by atoms with E-state index in [9.17, 15) is 9.59 Å². The Labute approximate surface area is 203 Å². The summed E-state index contributed by atoms with van der Waals surface area (Å²) in [7, 11) is 0. The van der Waals surface area contributed by atoms with Crippen molar-refractivity contribution in [3.05, 3.63) is 76.5 Å². The van der Waals surface area contributed by atoms with Crippen LogP contribution in [0.2, 0.25) is 0 Å². The molecule has 1 atom stereocenters. The molecule has 2 amide bonds. The van der Waals surface area contributed by atoms with Gasteiger partial charge in [0, 0.05) is 17.8 Å². The first-order valence-corrected chi connectivity index (χ1v) is 12.7. The summed E-state index contributed by atoms with van der Waals surface area (Å²) in [6, 6.07) is 17.9. The van der Waals surface area contributed by atoms with E-state index in [-0.39, 0.29) is 17.9 Å². The van der Waals surface area contributed by atoms with Gasteiger partial charge >= 0.3 is 0 Å². The third-order valence-electron chi connectivity index (χ3n) is 6.33. The number of ether oxygens (including phenoxy) is 2. The number of rotatable bonds is 6. The highest BCUT2D eigenvalue weighted by molar-refractivity contribution is 7.12. The minimum Gasteiger partial charge on any atom is -0.486 e. The number of thiophene rings is 1. The maximum atomic E-state index is 13.9. The summed E-state index contributed by atoms with van der Waals surface area (Å²) in [6.07, 6.45) is 5.36. The van der Waals surface area contributed by atoms with Gasteiger partial charge in [-0.2, -0.15) is 0 Å². The van der Waals surface area contributed by atoms with Crippen LogP contribution in [0.3, 0.4) is 0 Å². The number of fused-ring (bicyclic) bond motifs is 1. The Bertz CT molecular complexity index is 1130. The normalized spacial score (nSPS) is 16.5. The number of nitrogens with zero attached hydrogens (tertiary/aromatic N) is 1. The molecule has 2 aromatic carbocycles. The fourth-order valence-electron chi connectivity index (χ4n) is 4.66. The third kappa shape index (κ3) is 4.80. The van der Waals surface area contributed by atoms with Crippen LogP contribution in [-0.2, 0) is 4.79 Å². The molecule has 1 N–H and O–H groups in total. The second-order valence-electron chi connectivity index (χ2n) is 8.64. The maximum Gasteiger partial charge on any atom is 0.269 e.